The van der Waals surface area contributed by atoms with Crippen LogP contribution in [0.4, 0.5) is 5.69 Å². The predicted molar refractivity (Wildman–Crippen MR) is 90.6 cm³/mol. The van der Waals surface area contributed by atoms with Gasteiger partial charge in [-0.15, -0.1) is 0 Å². The molecular weight excluding hydrogens is 308 g/mol. The minimum absolute atomic E-state index is 0.00378. The third-order valence-corrected chi connectivity index (χ3v) is 3.78. The summed E-state index contributed by atoms with van der Waals surface area (Å²) in [6.45, 7) is 1.85. The first-order valence-corrected chi connectivity index (χ1v) is 7.94. The zero-order valence-electron chi connectivity index (χ0n) is 13.2. The molecule has 7 heteroatoms. The molecule has 2 amide bonds. The molecule has 2 aromatic rings. The van der Waals surface area contributed by atoms with Gasteiger partial charge in [-0.3, -0.25) is 14.6 Å². The molecule has 0 aliphatic carbocycles. The first-order chi connectivity index (χ1) is 11.7. The third-order valence-electron chi connectivity index (χ3n) is 3.78. The first-order valence-electron chi connectivity index (χ1n) is 7.94. The van der Waals surface area contributed by atoms with Crippen molar-refractivity contribution in [2.24, 2.45) is 0 Å². The van der Waals surface area contributed by atoms with Gasteiger partial charge in [0.25, 0.3) is 0 Å². The standard InChI is InChI=1S/C17H20N4O3/c22-15(9-13-11-24-8-7-18-13)20-10-16(23)21-14-5-1-3-12-4-2-6-19-17(12)14/h1-6,13,18H,7-11H2,(H,20,22)(H,21,23). The number of amides is 2. The Morgan fingerprint density at radius 1 is 1.25 bits per heavy atom. The van der Waals surface area contributed by atoms with Gasteiger partial charge in [0, 0.05) is 30.6 Å². The molecule has 0 bridgehead atoms. The lowest BCUT2D eigenvalue weighted by Gasteiger charge is -2.23. The summed E-state index contributed by atoms with van der Waals surface area (Å²) < 4.78 is 5.30. The number of ether oxygens (including phenoxy) is 1. The van der Waals surface area contributed by atoms with Crippen molar-refractivity contribution in [1.82, 2.24) is 15.6 Å². The van der Waals surface area contributed by atoms with Gasteiger partial charge < -0.3 is 20.7 Å². The van der Waals surface area contributed by atoms with Crippen LogP contribution >= 0.6 is 0 Å². The first kappa shape index (κ1) is 16.4. The van der Waals surface area contributed by atoms with Crippen LogP contribution in [-0.4, -0.2) is 49.1 Å². The number of carbonyl (C=O) groups excluding carboxylic acids is 2. The average molecular weight is 328 g/mol. The second kappa shape index (κ2) is 7.85. The lowest BCUT2D eigenvalue weighted by molar-refractivity contribution is -0.125. The molecule has 1 atom stereocenters. The van der Waals surface area contributed by atoms with E-state index in [2.05, 4.69) is 20.9 Å². The average Bonchev–Trinajstić information content (AvgIpc) is 2.61. The molecule has 1 aliphatic heterocycles. The van der Waals surface area contributed by atoms with Crippen LogP contribution in [0.3, 0.4) is 0 Å². The lowest BCUT2D eigenvalue weighted by atomic mass is 10.2. The molecule has 3 N–H and O–H groups in total. The zero-order chi connectivity index (χ0) is 16.8. The smallest absolute Gasteiger partial charge is 0.243 e. The number of para-hydroxylation sites is 1. The van der Waals surface area contributed by atoms with Crippen LogP contribution in [-0.2, 0) is 14.3 Å². The van der Waals surface area contributed by atoms with Crippen LogP contribution in [0.15, 0.2) is 36.5 Å². The molecular formula is C17H20N4O3. The van der Waals surface area contributed by atoms with Gasteiger partial charge in [-0.25, -0.2) is 0 Å². The minimum atomic E-state index is -0.283. The molecule has 0 spiro atoms. The van der Waals surface area contributed by atoms with Crippen molar-refractivity contribution in [3.05, 3.63) is 36.5 Å². The highest BCUT2D eigenvalue weighted by molar-refractivity contribution is 6.01. The second-order valence-corrected chi connectivity index (χ2v) is 5.64. The topological polar surface area (TPSA) is 92.4 Å². The molecule has 3 rings (SSSR count). The number of pyridine rings is 1. The van der Waals surface area contributed by atoms with E-state index in [4.69, 9.17) is 4.74 Å². The van der Waals surface area contributed by atoms with Crippen molar-refractivity contribution in [2.45, 2.75) is 12.5 Å². The molecule has 126 valence electrons. The van der Waals surface area contributed by atoms with Crippen molar-refractivity contribution >= 4 is 28.4 Å². The van der Waals surface area contributed by atoms with Gasteiger partial charge in [-0.2, -0.15) is 0 Å². The number of aromatic nitrogens is 1. The van der Waals surface area contributed by atoms with Crippen molar-refractivity contribution in [2.75, 3.05) is 31.6 Å². The number of carbonyl (C=O) groups is 2. The van der Waals surface area contributed by atoms with Crippen LogP contribution in [0.2, 0.25) is 0 Å². The van der Waals surface area contributed by atoms with E-state index in [1.54, 1.807) is 12.3 Å². The maximum atomic E-state index is 12.1. The Kier molecular flexibility index (Phi) is 5.35. The predicted octanol–water partition coefficient (Wildman–Crippen LogP) is 0.668. The SMILES string of the molecule is O=C(CC1COCCN1)NCC(=O)Nc1cccc2cccnc12. The number of hydrogen-bond acceptors (Lipinski definition) is 5. The van der Waals surface area contributed by atoms with E-state index in [-0.39, 0.29) is 24.4 Å². The monoisotopic (exact) mass is 328 g/mol. The normalized spacial score (nSPS) is 17.4. The molecule has 1 aromatic carbocycles. The fourth-order valence-electron chi connectivity index (χ4n) is 2.63. The summed E-state index contributed by atoms with van der Waals surface area (Å²) in [5.41, 5.74) is 1.36. The number of nitrogens with zero attached hydrogens (tertiary/aromatic N) is 1. The Hall–Kier alpha value is -2.51. The summed E-state index contributed by atoms with van der Waals surface area (Å²) in [6.07, 6.45) is 1.97. The summed E-state index contributed by atoms with van der Waals surface area (Å²) in [7, 11) is 0. The van der Waals surface area contributed by atoms with Crippen LogP contribution in [0, 0.1) is 0 Å². The van der Waals surface area contributed by atoms with Gasteiger partial charge in [-0.05, 0) is 12.1 Å². The molecule has 0 saturated carbocycles. The van der Waals surface area contributed by atoms with E-state index < -0.39 is 0 Å². The van der Waals surface area contributed by atoms with E-state index in [0.29, 0.717) is 25.3 Å². The number of rotatable bonds is 5. The molecule has 1 aliphatic rings. The van der Waals surface area contributed by atoms with Crippen molar-refractivity contribution in [1.29, 1.82) is 0 Å². The summed E-state index contributed by atoms with van der Waals surface area (Å²) >= 11 is 0. The fraction of sp³-hybridized carbons (Fsp3) is 0.353. The molecule has 1 fully saturated rings. The van der Waals surface area contributed by atoms with E-state index in [9.17, 15) is 9.59 Å². The van der Waals surface area contributed by atoms with Crippen LogP contribution < -0.4 is 16.0 Å². The molecule has 1 saturated heterocycles. The summed E-state index contributed by atoms with van der Waals surface area (Å²) in [5, 5.41) is 9.57. The molecule has 24 heavy (non-hydrogen) atoms. The fourth-order valence-corrected chi connectivity index (χ4v) is 2.63. The maximum absolute atomic E-state index is 12.1. The van der Waals surface area contributed by atoms with E-state index >= 15 is 0 Å². The van der Waals surface area contributed by atoms with E-state index in [0.717, 1.165) is 17.4 Å². The molecule has 1 aromatic heterocycles. The minimum Gasteiger partial charge on any atom is -0.378 e. The number of benzene rings is 1. The van der Waals surface area contributed by atoms with Gasteiger partial charge in [0.05, 0.1) is 31.0 Å². The quantitative estimate of drug-likeness (QED) is 0.750. The van der Waals surface area contributed by atoms with E-state index in [1.165, 1.54) is 0 Å². The van der Waals surface area contributed by atoms with Crippen molar-refractivity contribution in [3.8, 4) is 0 Å². The molecule has 0 radical (unpaired) electrons. The lowest BCUT2D eigenvalue weighted by Crippen LogP contribution is -2.45. The van der Waals surface area contributed by atoms with Gasteiger partial charge in [0.15, 0.2) is 0 Å². The summed E-state index contributed by atoms with van der Waals surface area (Å²) in [4.78, 5) is 28.2. The number of anilines is 1. The highest BCUT2D eigenvalue weighted by atomic mass is 16.5. The highest BCUT2D eigenvalue weighted by Crippen LogP contribution is 2.20. The third kappa shape index (κ3) is 4.27. The number of hydrogen-bond donors (Lipinski definition) is 3. The summed E-state index contributed by atoms with van der Waals surface area (Å²) in [6, 6.07) is 9.35. The van der Waals surface area contributed by atoms with Crippen LogP contribution in [0.1, 0.15) is 6.42 Å². The van der Waals surface area contributed by atoms with Crippen LogP contribution in [0.5, 0.6) is 0 Å². The Balaban J connectivity index is 1.51. The second-order valence-electron chi connectivity index (χ2n) is 5.64. The molecule has 1 unspecified atom stereocenters. The van der Waals surface area contributed by atoms with Crippen LogP contribution in [0.25, 0.3) is 10.9 Å². The Bertz CT molecular complexity index is 723. The Morgan fingerprint density at radius 2 is 2.12 bits per heavy atom. The molecule has 7 nitrogen and oxygen atoms in total. The van der Waals surface area contributed by atoms with Gasteiger partial charge in [0.2, 0.25) is 11.8 Å². The maximum Gasteiger partial charge on any atom is 0.243 e. The number of fused-ring (bicyclic) bond motifs is 1. The number of nitrogens with one attached hydrogen (secondary N) is 3. The Morgan fingerprint density at radius 3 is 2.96 bits per heavy atom. The Labute approximate surface area is 139 Å². The number of morpholine rings is 1. The van der Waals surface area contributed by atoms with Gasteiger partial charge in [0.1, 0.15) is 0 Å². The summed E-state index contributed by atoms with van der Waals surface area (Å²) in [5.74, 6) is -0.460. The zero-order valence-corrected chi connectivity index (χ0v) is 13.2. The van der Waals surface area contributed by atoms with E-state index in [1.807, 2.05) is 24.3 Å². The van der Waals surface area contributed by atoms with Crippen molar-refractivity contribution < 1.29 is 14.3 Å². The molecule has 2 heterocycles. The highest BCUT2D eigenvalue weighted by Gasteiger charge is 2.17. The van der Waals surface area contributed by atoms with Gasteiger partial charge >= 0.3 is 0 Å². The van der Waals surface area contributed by atoms with Gasteiger partial charge in [-0.1, -0.05) is 18.2 Å². The largest absolute Gasteiger partial charge is 0.378 e. The van der Waals surface area contributed by atoms with Crippen molar-refractivity contribution in [3.63, 3.8) is 0 Å².